The van der Waals surface area contributed by atoms with Crippen molar-refractivity contribution in [3.63, 3.8) is 0 Å². The van der Waals surface area contributed by atoms with Crippen LogP contribution in [-0.4, -0.2) is 38.8 Å². The number of aromatic nitrogens is 3. The van der Waals surface area contributed by atoms with Gasteiger partial charge in [0.2, 0.25) is 0 Å². The van der Waals surface area contributed by atoms with Gasteiger partial charge in [-0.05, 0) is 26.0 Å². The van der Waals surface area contributed by atoms with Gasteiger partial charge < -0.3 is 21.8 Å². The van der Waals surface area contributed by atoms with Gasteiger partial charge in [-0.3, -0.25) is 14.6 Å². The van der Waals surface area contributed by atoms with Gasteiger partial charge in [0.25, 0.3) is 11.8 Å². The summed E-state index contributed by atoms with van der Waals surface area (Å²) in [5.74, 6) is -0.797. The molecule has 3 rings (SSSR count). The summed E-state index contributed by atoms with van der Waals surface area (Å²) in [4.78, 5) is 35.5. The van der Waals surface area contributed by atoms with E-state index in [0.717, 1.165) is 10.2 Å². The number of hydrogen-bond acceptors (Lipinski definition) is 6. The zero-order valence-corrected chi connectivity index (χ0v) is 14.6. The first-order valence-corrected chi connectivity index (χ1v) is 8.36. The van der Waals surface area contributed by atoms with Crippen LogP contribution in [0.4, 0.5) is 0 Å². The predicted octanol–water partition coefficient (Wildman–Crippen LogP) is 1.25. The number of carbonyl (C=O) groups excluding carboxylic acids is 2. The average molecular weight is 358 g/mol. The first kappa shape index (κ1) is 17.1. The fourth-order valence-electron chi connectivity index (χ4n) is 2.19. The highest BCUT2D eigenvalue weighted by Gasteiger charge is 2.16. The van der Waals surface area contributed by atoms with Gasteiger partial charge >= 0.3 is 0 Å². The molecule has 0 bridgehead atoms. The quantitative estimate of drug-likeness (QED) is 0.543. The van der Waals surface area contributed by atoms with E-state index in [2.05, 4.69) is 20.3 Å². The van der Waals surface area contributed by atoms with E-state index in [1.807, 2.05) is 19.9 Å². The van der Waals surface area contributed by atoms with Crippen LogP contribution in [0, 0.1) is 0 Å². The van der Waals surface area contributed by atoms with Gasteiger partial charge in [-0.2, -0.15) is 0 Å². The third kappa shape index (κ3) is 3.83. The Balaban J connectivity index is 1.84. The number of hydrogen-bond donors (Lipinski definition) is 4. The van der Waals surface area contributed by atoms with Crippen LogP contribution in [0.15, 0.2) is 24.5 Å². The second-order valence-corrected chi connectivity index (χ2v) is 7.48. The molecule has 0 unspecified atom stereocenters. The van der Waals surface area contributed by atoms with Gasteiger partial charge in [0.1, 0.15) is 11.4 Å². The monoisotopic (exact) mass is 358 g/mol. The van der Waals surface area contributed by atoms with E-state index in [4.69, 9.17) is 11.5 Å². The van der Waals surface area contributed by atoms with Crippen LogP contribution in [-0.2, 0) is 0 Å². The predicted molar refractivity (Wildman–Crippen MR) is 96.3 cm³/mol. The largest absolute Gasteiger partial charge is 0.365 e. The van der Waals surface area contributed by atoms with E-state index < -0.39 is 11.4 Å². The van der Waals surface area contributed by atoms with Crippen molar-refractivity contribution in [2.45, 2.75) is 19.4 Å². The number of primary amides is 1. The molecule has 0 radical (unpaired) electrons. The summed E-state index contributed by atoms with van der Waals surface area (Å²) < 4.78 is 0.880. The molecule has 0 fully saturated rings. The number of rotatable bonds is 5. The Morgan fingerprint density at radius 1 is 1.32 bits per heavy atom. The maximum atomic E-state index is 12.2. The molecule has 6 N–H and O–H groups in total. The minimum absolute atomic E-state index is 0.206. The lowest BCUT2D eigenvalue weighted by Crippen LogP contribution is -2.45. The van der Waals surface area contributed by atoms with Crippen molar-refractivity contribution in [1.82, 2.24) is 20.3 Å². The number of fused-ring (bicyclic) bond motifs is 1. The van der Waals surface area contributed by atoms with E-state index in [0.29, 0.717) is 22.8 Å². The molecular weight excluding hydrogens is 340 g/mol. The summed E-state index contributed by atoms with van der Waals surface area (Å²) >= 11 is 1.30. The molecule has 0 spiro atoms. The highest BCUT2D eigenvalue weighted by Crippen LogP contribution is 2.29. The Bertz CT molecular complexity index is 922. The van der Waals surface area contributed by atoms with E-state index in [9.17, 15) is 9.59 Å². The van der Waals surface area contributed by atoms with Gasteiger partial charge in [0, 0.05) is 12.1 Å². The molecule has 0 saturated heterocycles. The lowest BCUT2D eigenvalue weighted by molar-refractivity contribution is 0.0940. The summed E-state index contributed by atoms with van der Waals surface area (Å²) in [7, 11) is 0. The normalized spacial score (nSPS) is 11.6. The molecular formula is C16H18N6O2S. The van der Waals surface area contributed by atoms with Crippen molar-refractivity contribution in [2.75, 3.05) is 6.54 Å². The molecule has 25 heavy (non-hydrogen) atoms. The minimum Gasteiger partial charge on any atom is -0.365 e. The van der Waals surface area contributed by atoms with Crippen LogP contribution < -0.4 is 16.8 Å². The van der Waals surface area contributed by atoms with Crippen molar-refractivity contribution in [3.8, 4) is 11.4 Å². The summed E-state index contributed by atoms with van der Waals surface area (Å²) in [6, 6.07) is 3.54. The van der Waals surface area contributed by atoms with Crippen LogP contribution in [0.3, 0.4) is 0 Å². The van der Waals surface area contributed by atoms with E-state index in [1.54, 1.807) is 12.3 Å². The molecule has 8 nitrogen and oxygen atoms in total. The van der Waals surface area contributed by atoms with Crippen LogP contribution in [0.25, 0.3) is 21.6 Å². The molecule has 3 aromatic heterocycles. The number of aromatic amines is 1. The van der Waals surface area contributed by atoms with Gasteiger partial charge in [-0.25, -0.2) is 4.98 Å². The number of nitrogens with two attached hydrogens (primary N) is 2. The van der Waals surface area contributed by atoms with Crippen LogP contribution in [0.5, 0.6) is 0 Å². The third-order valence-corrected chi connectivity index (χ3v) is 4.49. The summed E-state index contributed by atoms with van der Waals surface area (Å²) in [5.41, 5.74) is 12.9. The second kappa shape index (κ2) is 6.26. The minimum atomic E-state index is -0.511. The molecule has 0 atom stereocenters. The number of H-pyrrole nitrogens is 1. The Labute approximate surface area is 147 Å². The maximum absolute atomic E-state index is 12.2. The highest BCUT2D eigenvalue weighted by atomic mass is 32.1. The fourth-order valence-corrected chi connectivity index (χ4v) is 3.10. The van der Waals surface area contributed by atoms with Gasteiger partial charge in [0.15, 0.2) is 0 Å². The molecule has 0 aliphatic heterocycles. The Hall–Kier alpha value is -2.78. The summed E-state index contributed by atoms with van der Waals surface area (Å²) in [6.45, 7) is 3.97. The van der Waals surface area contributed by atoms with Crippen molar-refractivity contribution in [2.24, 2.45) is 11.5 Å². The van der Waals surface area contributed by atoms with Gasteiger partial charge in [-0.1, -0.05) is 0 Å². The Morgan fingerprint density at radius 2 is 2.08 bits per heavy atom. The number of nitrogens with zero attached hydrogens (tertiary/aromatic N) is 2. The topological polar surface area (TPSA) is 140 Å². The SMILES string of the molecule is CC(C)(N)CNC(=O)c1cncc(-c2cc3sc(C(N)=O)cc3[nH]2)n1. The molecule has 3 aromatic rings. The van der Waals surface area contributed by atoms with Crippen LogP contribution >= 0.6 is 11.3 Å². The third-order valence-electron chi connectivity index (χ3n) is 3.40. The Kier molecular flexibility index (Phi) is 4.27. The zero-order chi connectivity index (χ0) is 18.2. The highest BCUT2D eigenvalue weighted by molar-refractivity contribution is 7.20. The second-order valence-electron chi connectivity index (χ2n) is 6.40. The lowest BCUT2D eigenvalue weighted by atomic mass is 10.1. The van der Waals surface area contributed by atoms with Gasteiger partial charge in [-0.15, -0.1) is 11.3 Å². The van der Waals surface area contributed by atoms with E-state index >= 15 is 0 Å². The number of thiophene rings is 1. The molecule has 130 valence electrons. The maximum Gasteiger partial charge on any atom is 0.271 e. The molecule has 0 aromatic carbocycles. The van der Waals surface area contributed by atoms with Crippen molar-refractivity contribution >= 4 is 33.4 Å². The summed E-state index contributed by atoms with van der Waals surface area (Å²) in [5, 5.41) is 2.73. The standard InChI is InChI=1S/C16H18N6O2S/c1-16(2,18)7-20-15(24)11-6-19-5-10(22-11)8-3-12-9(21-8)4-13(25-12)14(17)23/h3-6,21H,7,18H2,1-2H3,(H2,17,23)(H,20,24). The van der Waals surface area contributed by atoms with Crippen molar-refractivity contribution in [1.29, 1.82) is 0 Å². The first-order valence-electron chi connectivity index (χ1n) is 7.55. The fraction of sp³-hybridized carbons (Fsp3) is 0.250. The van der Waals surface area contributed by atoms with Crippen LogP contribution in [0.1, 0.15) is 34.0 Å². The van der Waals surface area contributed by atoms with Crippen molar-refractivity contribution < 1.29 is 9.59 Å². The molecule has 9 heteroatoms. The molecule has 0 saturated carbocycles. The van der Waals surface area contributed by atoms with Gasteiger partial charge in [0.05, 0.1) is 33.2 Å². The Morgan fingerprint density at radius 3 is 2.72 bits per heavy atom. The lowest BCUT2D eigenvalue weighted by Gasteiger charge is -2.18. The molecule has 0 aliphatic rings. The number of nitrogens with one attached hydrogen (secondary N) is 2. The smallest absolute Gasteiger partial charge is 0.271 e. The molecule has 3 heterocycles. The average Bonchev–Trinajstić information content (AvgIpc) is 3.11. The van der Waals surface area contributed by atoms with Crippen molar-refractivity contribution in [3.05, 3.63) is 35.1 Å². The first-order chi connectivity index (χ1) is 11.7. The molecule has 0 aliphatic carbocycles. The summed E-state index contributed by atoms with van der Waals surface area (Å²) in [6.07, 6.45) is 2.97. The van der Waals surface area contributed by atoms with Crippen LogP contribution in [0.2, 0.25) is 0 Å². The number of amides is 2. The van der Waals surface area contributed by atoms with E-state index in [1.165, 1.54) is 17.5 Å². The number of carbonyl (C=O) groups is 2. The zero-order valence-electron chi connectivity index (χ0n) is 13.8. The molecule has 2 amide bonds. The van der Waals surface area contributed by atoms with E-state index in [-0.39, 0.29) is 11.6 Å².